The Morgan fingerprint density at radius 3 is 0.933 bits per heavy atom. The first-order valence-corrected chi connectivity index (χ1v) is 10.1. The highest BCUT2D eigenvalue weighted by molar-refractivity contribution is 5.71. The van der Waals surface area contributed by atoms with Crippen molar-refractivity contribution in [3.05, 3.63) is 108 Å². The van der Waals surface area contributed by atoms with Crippen LogP contribution in [0.25, 0.3) is 11.1 Å². The summed E-state index contributed by atoms with van der Waals surface area (Å²) in [5.74, 6) is 0. The largest absolute Gasteiger partial charge is 0.356 e. The second-order valence-electron chi connectivity index (χ2n) is 7.21. The highest BCUT2D eigenvalue weighted by Gasteiger charge is 2.01. The van der Waals surface area contributed by atoms with Crippen molar-refractivity contribution in [3.63, 3.8) is 0 Å². The van der Waals surface area contributed by atoms with Gasteiger partial charge in [0.25, 0.3) is 0 Å². The second-order valence-corrected chi connectivity index (χ2v) is 7.21. The van der Waals surface area contributed by atoms with Crippen LogP contribution in [0.4, 0.5) is 22.7 Å². The van der Waals surface area contributed by atoms with E-state index in [1.165, 1.54) is 11.1 Å². The van der Waals surface area contributed by atoms with Gasteiger partial charge in [-0.3, -0.25) is 0 Å². The van der Waals surface area contributed by atoms with Crippen molar-refractivity contribution in [2.24, 2.45) is 11.5 Å². The fourth-order valence-corrected chi connectivity index (χ4v) is 3.27. The monoisotopic (exact) mass is 394 g/mol. The summed E-state index contributed by atoms with van der Waals surface area (Å²) in [5, 5.41) is 6.84. The fourth-order valence-electron chi connectivity index (χ4n) is 3.27. The molecule has 0 aliphatic heterocycles. The summed E-state index contributed by atoms with van der Waals surface area (Å²) < 4.78 is 0. The lowest BCUT2D eigenvalue weighted by Gasteiger charge is -2.10. The summed E-state index contributed by atoms with van der Waals surface area (Å²) in [6.07, 6.45) is 0. The summed E-state index contributed by atoms with van der Waals surface area (Å²) in [6.45, 7) is 1.12. The molecule has 0 fully saturated rings. The van der Waals surface area contributed by atoms with Crippen molar-refractivity contribution < 1.29 is 0 Å². The van der Waals surface area contributed by atoms with Gasteiger partial charge in [-0.25, -0.2) is 0 Å². The number of hydrogen-bond acceptors (Lipinski definition) is 4. The maximum Gasteiger partial charge on any atom is 0.0384 e. The molecule has 0 saturated carbocycles. The van der Waals surface area contributed by atoms with Gasteiger partial charge < -0.3 is 22.1 Å². The van der Waals surface area contributed by atoms with Crippen molar-refractivity contribution in [2.75, 3.05) is 10.6 Å². The van der Waals surface area contributed by atoms with Crippen LogP contribution in [-0.2, 0) is 13.1 Å². The molecule has 0 atom stereocenters. The van der Waals surface area contributed by atoms with Crippen LogP contribution >= 0.6 is 0 Å². The molecule has 0 unspecified atom stereocenters. The number of anilines is 4. The zero-order valence-corrected chi connectivity index (χ0v) is 16.8. The van der Waals surface area contributed by atoms with Crippen LogP contribution in [0.1, 0.15) is 11.1 Å². The van der Waals surface area contributed by atoms with Crippen LogP contribution < -0.4 is 22.1 Å². The second kappa shape index (κ2) is 9.27. The van der Waals surface area contributed by atoms with Gasteiger partial charge in [0.05, 0.1) is 0 Å². The lowest BCUT2D eigenvalue weighted by Crippen LogP contribution is -1.96. The van der Waals surface area contributed by atoms with Gasteiger partial charge in [0.2, 0.25) is 0 Å². The first-order valence-electron chi connectivity index (χ1n) is 10.1. The van der Waals surface area contributed by atoms with E-state index in [1.54, 1.807) is 0 Å². The van der Waals surface area contributed by atoms with E-state index in [9.17, 15) is 0 Å². The summed E-state index contributed by atoms with van der Waals surface area (Å²) in [6, 6.07) is 33.2. The quantitative estimate of drug-likeness (QED) is 0.321. The molecule has 0 radical (unpaired) electrons. The van der Waals surface area contributed by atoms with Gasteiger partial charge in [0, 0.05) is 35.8 Å². The fraction of sp³-hybridized carbons (Fsp3) is 0.0769. The first-order chi connectivity index (χ1) is 14.7. The van der Waals surface area contributed by atoms with E-state index in [1.807, 2.05) is 48.5 Å². The Kier molecular flexibility index (Phi) is 6.09. The van der Waals surface area contributed by atoms with Gasteiger partial charge in [-0.1, -0.05) is 48.5 Å². The minimum absolute atomic E-state index is 0.559. The summed E-state index contributed by atoms with van der Waals surface area (Å²) >= 11 is 0. The molecule has 4 heteroatoms. The number of benzene rings is 4. The standard InChI is InChI=1S/C26H26N4/c27-17-19-1-9-23(10-2-19)29-25-13-5-21(6-14-25)22-7-15-26(16-8-22)30-24-11-3-20(18-28)4-12-24/h1-16,29-30H,17-18,27-28H2. The summed E-state index contributed by atoms with van der Waals surface area (Å²) in [4.78, 5) is 0. The van der Waals surface area contributed by atoms with E-state index in [0.717, 1.165) is 33.9 Å². The number of rotatable bonds is 7. The maximum atomic E-state index is 5.65. The summed E-state index contributed by atoms with van der Waals surface area (Å²) in [7, 11) is 0. The molecule has 0 saturated heterocycles. The van der Waals surface area contributed by atoms with E-state index in [4.69, 9.17) is 11.5 Å². The third-order valence-electron chi connectivity index (χ3n) is 5.06. The van der Waals surface area contributed by atoms with Crippen molar-refractivity contribution in [2.45, 2.75) is 13.1 Å². The zero-order chi connectivity index (χ0) is 20.8. The summed E-state index contributed by atoms with van der Waals surface area (Å²) in [5.41, 5.74) is 20.1. The van der Waals surface area contributed by atoms with Crippen LogP contribution in [0.15, 0.2) is 97.1 Å². The van der Waals surface area contributed by atoms with Crippen LogP contribution in [0, 0.1) is 0 Å². The molecule has 0 aliphatic rings. The Morgan fingerprint density at radius 1 is 0.400 bits per heavy atom. The zero-order valence-electron chi connectivity index (χ0n) is 16.8. The highest BCUT2D eigenvalue weighted by atomic mass is 14.9. The number of nitrogens with two attached hydrogens (primary N) is 2. The van der Waals surface area contributed by atoms with Gasteiger partial charge >= 0.3 is 0 Å². The maximum absolute atomic E-state index is 5.65. The predicted molar refractivity (Wildman–Crippen MR) is 127 cm³/mol. The number of nitrogens with one attached hydrogen (secondary N) is 2. The third kappa shape index (κ3) is 4.87. The average Bonchev–Trinajstić information content (AvgIpc) is 2.81. The molecular formula is C26H26N4. The predicted octanol–water partition coefficient (Wildman–Crippen LogP) is 5.76. The molecule has 150 valence electrons. The van der Waals surface area contributed by atoms with E-state index < -0.39 is 0 Å². The van der Waals surface area contributed by atoms with Crippen LogP contribution in [0.2, 0.25) is 0 Å². The molecule has 6 N–H and O–H groups in total. The molecule has 0 aromatic heterocycles. The van der Waals surface area contributed by atoms with Gasteiger partial charge in [0.1, 0.15) is 0 Å². The van der Waals surface area contributed by atoms with Crippen molar-refractivity contribution in [3.8, 4) is 11.1 Å². The Bertz CT molecular complexity index is 977. The smallest absolute Gasteiger partial charge is 0.0384 e. The molecule has 0 spiro atoms. The lowest BCUT2D eigenvalue weighted by molar-refractivity contribution is 1.07. The number of hydrogen-bond donors (Lipinski definition) is 4. The minimum atomic E-state index is 0.559. The highest BCUT2D eigenvalue weighted by Crippen LogP contribution is 2.26. The minimum Gasteiger partial charge on any atom is -0.356 e. The van der Waals surface area contributed by atoms with Crippen molar-refractivity contribution in [1.29, 1.82) is 0 Å². The van der Waals surface area contributed by atoms with Crippen LogP contribution in [0.3, 0.4) is 0 Å². The Labute approximate surface area is 177 Å². The molecular weight excluding hydrogens is 368 g/mol. The Balaban J connectivity index is 1.40. The van der Waals surface area contributed by atoms with Crippen molar-refractivity contribution >= 4 is 22.7 Å². The molecule has 0 heterocycles. The topological polar surface area (TPSA) is 76.1 Å². The van der Waals surface area contributed by atoms with E-state index in [0.29, 0.717) is 13.1 Å². The van der Waals surface area contributed by atoms with E-state index >= 15 is 0 Å². The third-order valence-corrected chi connectivity index (χ3v) is 5.06. The van der Waals surface area contributed by atoms with E-state index in [-0.39, 0.29) is 0 Å². The van der Waals surface area contributed by atoms with Crippen LogP contribution in [-0.4, -0.2) is 0 Å². The first kappa shape index (κ1) is 19.7. The van der Waals surface area contributed by atoms with Gasteiger partial charge in [-0.15, -0.1) is 0 Å². The molecule has 4 nitrogen and oxygen atoms in total. The van der Waals surface area contributed by atoms with Gasteiger partial charge in [-0.2, -0.15) is 0 Å². The Morgan fingerprint density at radius 2 is 0.667 bits per heavy atom. The molecule has 30 heavy (non-hydrogen) atoms. The van der Waals surface area contributed by atoms with Crippen LogP contribution in [0.5, 0.6) is 0 Å². The van der Waals surface area contributed by atoms with Gasteiger partial charge in [-0.05, 0) is 70.8 Å². The average molecular weight is 395 g/mol. The molecule has 4 rings (SSSR count). The Hall–Kier alpha value is -3.60. The molecule has 0 bridgehead atoms. The molecule has 0 amide bonds. The SMILES string of the molecule is NCc1ccc(Nc2ccc(-c3ccc(Nc4ccc(CN)cc4)cc3)cc2)cc1. The normalized spacial score (nSPS) is 10.6. The molecule has 4 aromatic carbocycles. The molecule has 0 aliphatic carbocycles. The van der Waals surface area contributed by atoms with E-state index in [2.05, 4.69) is 59.2 Å². The van der Waals surface area contributed by atoms with Crippen molar-refractivity contribution in [1.82, 2.24) is 0 Å². The lowest BCUT2D eigenvalue weighted by atomic mass is 10.0. The molecule has 4 aromatic rings. The van der Waals surface area contributed by atoms with Gasteiger partial charge in [0.15, 0.2) is 0 Å².